The Hall–Kier alpha value is -2.08. The molecule has 0 saturated heterocycles. The summed E-state index contributed by atoms with van der Waals surface area (Å²) in [5.74, 6) is -0.125. The van der Waals surface area contributed by atoms with Gasteiger partial charge in [0.25, 0.3) is 0 Å². The van der Waals surface area contributed by atoms with Gasteiger partial charge in [-0.05, 0) is 31.9 Å². The summed E-state index contributed by atoms with van der Waals surface area (Å²) in [6, 6.07) is 5.16. The molecule has 0 aliphatic rings. The second-order valence-corrected chi connectivity index (χ2v) is 6.51. The van der Waals surface area contributed by atoms with Crippen LogP contribution in [0.15, 0.2) is 18.2 Å². The quantitative estimate of drug-likeness (QED) is 0.856. The number of aromatic nitrogens is 2. The molecular formula is C16H22N2O4. The number of benzene rings is 1. The van der Waals surface area contributed by atoms with Crippen LogP contribution in [0.5, 0.6) is 5.75 Å². The molecule has 0 fully saturated rings. The van der Waals surface area contributed by atoms with E-state index in [2.05, 4.69) is 5.10 Å². The highest BCUT2D eigenvalue weighted by molar-refractivity contribution is 6.01. The van der Waals surface area contributed by atoms with Gasteiger partial charge in [0.15, 0.2) is 5.69 Å². The Morgan fingerprint density at radius 3 is 2.64 bits per heavy atom. The van der Waals surface area contributed by atoms with E-state index in [1.165, 1.54) is 0 Å². The molecular weight excluding hydrogens is 284 g/mol. The number of ether oxygens (including phenoxy) is 1. The normalized spacial score (nSPS) is 12.1. The number of hydrogen-bond donors (Lipinski definition) is 2. The van der Waals surface area contributed by atoms with Crippen molar-refractivity contribution in [2.24, 2.45) is 5.92 Å². The fourth-order valence-electron chi connectivity index (χ4n) is 2.15. The summed E-state index contributed by atoms with van der Waals surface area (Å²) in [4.78, 5) is 11.3. The summed E-state index contributed by atoms with van der Waals surface area (Å²) < 4.78 is 7.26. The average molecular weight is 306 g/mol. The predicted octanol–water partition coefficient (Wildman–Crippen LogP) is 2.54. The molecule has 120 valence electrons. The maximum atomic E-state index is 11.3. The minimum atomic E-state index is -1.04. The third kappa shape index (κ3) is 3.76. The minimum Gasteiger partial charge on any atom is -0.491 e. The number of hydrogen-bond acceptors (Lipinski definition) is 4. The minimum absolute atomic E-state index is 0.0460. The molecule has 0 unspecified atom stereocenters. The van der Waals surface area contributed by atoms with E-state index in [-0.39, 0.29) is 12.3 Å². The number of carboxylic acid groups (broad SMARTS) is 1. The third-order valence-electron chi connectivity index (χ3n) is 3.06. The van der Waals surface area contributed by atoms with Crippen molar-refractivity contribution < 1.29 is 19.7 Å². The first-order chi connectivity index (χ1) is 10.2. The topological polar surface area (TPSA) is 84.6 Å². The summed E-state index contributed by atoms with van der Waals surface area (Å²) in [5, 5.41) is 23.8. The van der Waals surface area contributed by atoms with Crippen LogP contribution < -0.4 is 4.74 Å². The first-order valence-electron chi connectivity index (χ1n) is 7.26. The molecule has 1 heterocycles. The zero-order chi connectivity index (χ0) is 16.5. The van der Waals surface area contributed by atoms with Crippen molar-refractivity contribution in [2.45, 2.75) is 39.8 Å². The molecule has 22 heavy (non-hydrogen) atoms. The van der Waals surface area contributed by atoms with Gasteiger partial charge in [0, 0.05) is 18.0 Å². The SMILES string of the molecule is CC(C)Cn1nc(C(=O)O)c2ccc(OCC(C)(C)O)cc21. The highest BCUT2D eigenvalue weighted by atomic mass is 16.5. The number of carboxylic acids is 1. The Morgan fingerprint density at radius 1 is 1.41 bits per heavy atom. The van der Waals surface area contributed by atoms with Crippen LogP contribution in [-0.2, 0) is 6.54 Å². The molecule has 0 bridgehead atoms. The highest BCUT2D eigenvalue weighted by Gasteiger charge is 2.18. The van der Waals surface area contributed by atoms with Gasteiger partial charge in [0.05, 0.1) is 11.1 Å². The molecule has 2 N–H and O–H groups in total. The van der Waals surface area contributed by atoms with Crippen LogP contribution in [0.25, 0.3) is 10.9 Å². The highest BCUT2D eigenvalue weighted by Crippen LogP contribution is 2.25. The maximum Gasteiger partial charge on any atom is 0.357 e. The Kier molecular flexibility index (Phi) is 4.42. The van der Waals surface area contributed by atoms with Crippen LogP contribution in [0.1, 0.15) is 38.2 Å². The number of carbonyl (C=O) groups is 1. The Morgan fingerprint density at radius 2 is 2.09 bits per heavy atom. The van der Waals surface area contributed by atoms with E-state index in [1.54, 1.807) is 36.7 Å². The zero-order valence-corrected chi connectivity index (χ0v) is 13.3. The molecule has 1 aromatic carbocycles. The van der Waals surface area contributed by atoms with E-state index in [4.69, 9.17) is 4.74 Å². The van der Waals surface area contributed by atoms with Crippen molar-refractivity contribution in [3.05, 3.63) is 23.9 Å². The van der Waals surface area contributed by atoms with Crippen LogP contribution in [0.2, 0.25) is 0 Å². The summed E-state index contributed by atoms with van der Waals surface area (Å²) in [5.41, 5.74) is -0.164. The van der Waals surface area contributed by atoms with Crippen molar-refractivity contribution in [1.82, 2.24) is 9.78 Å². The monoisotopic (exact) mass is 306 g/mol. The molecule has 0 saturated carbocycles. The summed E-state index contributed by atoms with van der Waals surface area (Å²) in [7, 11) is 0. The zero-order valence-electron chi connectivity index (χ0n) is 13.3. The van der Waals surface area contributed by atoms with E-state index in [9.17, 15) is 15.0 Å². The van der Waals surface area contributed by atoms with E-state index < -0.39 is 11.6 Å². The first kappa shape index (κ1) is 16.3. The van der Waals surface area contributed by atoms with E-state index in [1.807, 2.05) is 13.8 Å². The van der Waals surface area contributed by atoms with E-state index in [0.717, 1.165) is 5.52 Å². The standard InChI is InChI=1S/C16H22N2O4/c1-10(2)8-18-13-7-11(22-9-16(3,4)21)5-6-12(13)14(17-18)15(19)20/h5-7,10,21H,8-9H2,1-4H3,(H,19,20). The van der Waals surface area contributed by atoms with Crippen molar-refractivity contribution in [2.75, 3.05) is 6.61 Å². The predicted molar refractivity (Wildman–Crippen MR) is 83.3 cm³/mol. The van der Waals surface area contributed by atoms with Gasteiger partial charge < -0.3 is 14.9 Å². The van der Waals surface area contributed by atoms with Gasteiger partial charge in [-0.3, -0.25) is 4.68 Å². The molecule has 6 nitrogen and oxygen atoms in total. The van der Waals surface area contributed by atoms with Gasteiger partial charge in [-0.1, -0.05) is 13.8 Å². The molecule has 2 aromatic rings. The number of fused-ring (bicyclic) bond motifs is 1. The Balaban J connectivity index is 2.42. The van der Waals surface area contributed by atoms with Gasteiger partial charge in [-0.25, -0.2) is 4.79 Å². The lowest BCUT2D eigenvalue weighted by Gasteiger charge is -2.17. The Labute approximate surface area is 129 Å². The molecule has 0 radical (unpaired) electrons. The maximum absolute atomic E-state index is 11.3. The molecule has 1 aromatic heterocycles. The van der Waals surface area contributed by atoms with Crippen LogP contribution in [0.4, 0.5) is 0 Å². The number of aromatic carboxylic acids is 1. The van der Waals surface area contributed by atoms with Gasteiger partial charge >= 0.3 is 5.97 Å². The molecule has 2 rings (SSSR count). The lowest BCUT2D eigenvalue weighted by molar-refractivity contribution is 0.0285. The number of aliphatic hydroxyl groups is 1. The molecule has 0 atom stereocenters. The number of nitrogens with zero attached hydrogens (tertiary/aromatic N) is 2. The molecule has 0 aliphatic heterocycles. The van der Waals surface area contributed by atoms with E-state index >= 15 is 0 Å². The van der Waals surface area contributed by atoms with Crippen LogP contribution in [-0.4, -0.2) is 38.2 Å². The number of rotatable bonds is 6. The lowest BCUT2D eigenvalue weighted by Crippen LogP contribution is -2.27. The summed E-state index contributed by atoms with van der Waals surface area (Å²) in [6.07, 6.45) is 0. The van der Waals surface area contributed by atoms with Crippen LogP contribution in [0, 0.1) is 5.92 Å². The van der Waals surface area contributed by atoms with Gasteiger partial charge in [0.1, 0.15) is 12.4 Å². The molecule has 6 heteroatoms. The van der Waals surface area contributed by atoms with Crippen molar-refractivity contribution in [3.63, 3.8) is 0 Å². The van der Waals surface area contributed by atoms with Gasteiger partial charge in [-0.15, -0.1) is 0 Å². The van der Waals surface area contributed by atoms with Gasteiger partial charge in [-0.2, -0.15) is 5.10 Å². The smallest absolute Gasteiger partial charge is 0.357 e. The Bertz CT molecular complexity index is 683. The van der Waals surface area contributed by atoms with Crippen molar-refractivity contribution >= 4 is 16.9 Å². The van der Waals surface area contributed by atoms with Gasteiger partial charge in [0.2, 0.25) is 0 Å². The lowest BCUT2D eigenvalue weighted by atomic mass is 10.1. The van der Waals surface area contributed by atoms with E-state index in [0.29, 0.717) is 23.6 Å². The summed E-state index contributed by atoms with van der Waals surface area (Å²) >= 11 is 0. The second kappa shape index (κ2) is 5.96. The third-order valence-corrected chi connectivity index (χ3v) is 3.06. The fourth-order valence-corrected chi connectivity index (χ4v) is 2.15. The fraction of sp³-hybridized carbons (Fsp3) is 0.500. The van der Waals surface area contributed by atoms with Crippen LogP contribution >= 0.6 is 0 Å². The molecule has 0 amide bonds. The summed E-state index contributed by atoms with van der Waals surface area (Å²) in [6.45, 7) is 8.20. The largest absolute Gasteiger partial charge is 0.491 e. The molecule has 0 aliphatic carbocycles. The second-order valence-electron chi connectivity index (χ2n) is 6.51. The van der Waals surface area contributed by atoms with Crippen molar-refractivity contribution in [3.8, 4) is 5.75 Å². The van der Waals surface area contributed by atoms with Crippen molar-refractivity contribution in [1.29, 1.82) is 0 Å². The van der Waals surface area contributed by atoms with Crippen LogP contribution in [0.3, 0.4) is 0 Å². The molecule has 0 spiro atoms. The average Bonchev–Trinajstić information content (AvgIpc) is 2.73. The first-order valence-corrected chi connectivity index (χ1v) is 7.26.